The molecule has 1 aliphatic rings. The van der Waals surface area contributed by atoms with Crippen molar-refractivity contribution in [2.75, 3.05) is 20.1 Å². The molecule has 0 aromatic heterocycles. The summed E-state index contributed by atoms with van der Waals surface area (Å²) in [5, 5.41) is 2.58. The van der Waals surface area contributed by atoms with Gasteiger partial charge in [-0.05, 0) is 12.3 Å². The Morgan fingerprint density at radius 1 is 1.38 bits per heavy atom. The molecule has 0 radical (unpaired) electrons. The summed E-state index contributed by atoms with van der Waals surface area (Å²) in [6, 6.07) is -0.527. The number of hydrogen-bond acceptors (Lipinski definition) is 4. The fourth-order valence-electron chi connectivity index (χ4n) is 2.42. The van der Waals surface area contributed by atoms with E-state index in [1.807, 2.05) is 0 Å². The summed E-state index contributed by atoms with van der Waals surface area (Å²) in [5.74, 6) is -1.87. The van der Waals surface area contributed by atoms with Gasteiger partial charge in [-0.2, -0.15) is 0 Å². The van der Waals surface area contributed by atoms with Crippen LogP contribution in [0.15, 0.2) is 0 Å². The van der Waals surface area contributed by atoms with Crippen LogP contribution in [0.25, 0.3) is 0 Å². The van der Waals surface area contributed by atoms with Crippen LogP contribution in [-0.4, -0.2) is 59.2 Å². The molecule has 0 spiro atoms. The van der Waals surface area contributed by atoms with Crippen LogP contribution >= 0.6 is 0 Å². The normalized spacial score (nSPS) is 18.1. The van der Waals surface area contributed by atoms with Gasteiger partial charge in [-0.15, -0.1) is 0 Å². The van der Waals surface area contributed by atoms with E-state index >= 15 is 0 Å². The van der Waals surface area contributed by atoms with Gasteiger partial charge in [-0.25, -0.2) is 4.79 Å². The fourth-order valence-corrected chi connectivity index (χ4v) is 2.42. The van der Waals surface area contributed by atoms with E-state index in [1.165, 1.54) is 11.9 Å². The largest absolute Gasteiger partial charge is 0.368 e. The molecule has 1 unspecified atom stereocenters. The van der Waals surface area contributed by atoms with Crippen LogP contribution in [0.1, 0.15) is 27.2 Å². The van der Waals surface area contributed by atoms with Gasteiger partial charge >= 0.3 is 6.03 Å². The van der Waals surface area contributed by atoms with E-state index in [9.17, 15) is 19.2 Å². The smallest absolute Gasteiger partial charge is 0.327 e. The van der Waals surface area contributed by atoms with Crippen LogP contribution in [0.4, 0.5) is 4.79 Å². The first-order valence-corrected chi connectivity index (χ1v) is 6.82. The van der Waals surface area contributed by atoms with Gasteiger partial charge in [0.2, 0.25) is 11.8 Å². The first-order valence-electron chi connectivity index (χ1n) is 6.82. The Hall–Kier alpha value is -2.12. The number of likely N-dealkylation sites (N-methyl/N-ethyl adjacent to an activating group) is 1. The van der Waals surface area contributed by atoms with Crippen molar-refractivity contribution >= 4 is 23.8 Å². The van der Waals surface area contributed by atoms with Crippen molar-refractivity contribution in [2.24, 2.45) is 11.7 Å². The number of imide groups is 1. The Morgan fingerprint density at radius 2 is 1.95 bits per heavy atom. The van der Waals surface area contributed by atoms with Crippen molar-refractivity contribution in [3.63, 3.8) is 0 Å². The van der Waals surface area contributed by atoms with E-state index in [4.69, 9.17) is 5.73 Å². The lowest BCUT2D eigenvalue weighted by molar-refractivity contribution is -0.135. The van der Waals surface area contributed by atoms with E-state index in [0.717, 1.165) is 4.90 Å². The van der Waals surface area contributed by atoms with Crippen LogP contribution in [0.3, 0.4) is 0 Å². The van der Waals surface area contributed by atoms with Crippen LogP contribution in [0.2, 0.25) is 0 Å². The van der Waals surface area contributed by atoms with Crippen molar-refractivity contribution in [1.82, 2.24) is 15.1 Å². The SMILES string of the molecule is CCC(NC(=O)CN1C(=O)CN(C)C1=O)(C(N)=O)C(C)C. The lowest BCUT2D eigenvalue weighted by Crippen LogP contribution is -2.62. The van der Waals surface area contributed by atoms with Gasteiger partial charge in [-0.1, -0.05) is 20.8 Å². The maximum absolute atomic E-state index is 12.1. The standard InChI is InChI=1S/C13H22N4O4/c1-5-13(8(2)3,11(14)20)15-9(18)6-17-10(19)7-16(4)12(17)21/h8H,5-7H2,1-4H3,(H2,14,20)(H,15,18). The quantitative estimate of drug-likeness (QED) is 0.630. The third-order valence-corrected chi connectivity index (χ3v) is 3.88. The van der Waals surface area contributed by atoms with Crippen molar-refractivity contribution in [1.29, 1.82) is 0 Å². The van der Waals surface area contributed by atoms with Gasteiger partial charge in [0, 0.05) is 7.05 Å². The van der Waals surface area contributed by atoms with Gasteiger partial charge < -0.3 is 16.0 Å². The van der Waals surface area contributed by atoms with Crippen LogP contribution in [0, 0.1) is 5.92 Å². The second-order valence-corrected chi connectivity index (χ2v) is 5.51. The molecule has 1 rings (SSSR count). The van der Waals surface area contributed by atoms with Crippen LogP contribution in [0.5, 0.6) is 0 Å². The molecule has 21 heavy (non-hydrogen) atoms. The zero-order valence-electron chi connectivity index (χ0n) is 12.8. The van der Waals surface area contributed by atoms with Crippen LogP contribution in [-0.2, 0) is 14.4 Å². The fraction of sp³-hybridized carbons (Fsp3) is 0.692. The third kappa shape index (κ3) is 3.14. The van der Waals surface area contributed by atoms with Crippen molar-refractivity contribution in [3.05, 3.63) is 0 Å². The average Bonchev–Trinajstić information content (AvgIpc) is 2.62. The monoisotopic (exact) mass is 298 g/mol. The second kappa shape index (κ2) is 6.11. The number of nitrogens with two attached hydrogens (primary N) is 1. The maximum atomic E-state index is 12.1. The van der Waals surface area contributed by atoms with Crippen molar-refractivity contribution in [2.45, 2.75) is 32.7 Å². The Balaban J connectivity index is 2.83. The molecular formula is C13H22N4O4. The molecule has 1 fully saturated rings. The third-order valence-electron chi connectivity index (χ3n) is 3.88. The van der Waals surface area contributed by atoms with Gasteiger partial charge in [-0.3, -0.25) is 19.3 Å². The minimum Gasteiger partial charge on any atom is -0.368 e. The number of primary amides is 1. The Morgan fingerprint density at radius 3 is 2.29 bits per heavy atom. The number of nitrogens with one attached hydrogen (secondary N) is 1. The summed E-state index contributed by atoms with van der Waals surface area (Å²) < 4.78 is 0. The molecule has 0 aliphatic carbocycles. The second-order valence-electron chi connectivity index (χ2n) is 5.51. The molecular weight excluding hydrogens is 276 g/mol. The molecule has 0 aromatic carbocycles. The molecule has 1 atom stereocenters. The zero-order valence-corrected chi connectivity index (χ0v) is 12.8. The highest BCUT2D eigenvalue weighted by molar-refractivity contribution is 6.04. The van der Waals surface area contributed by atoms with Crippen molar-refractivity contribution in [3.8, 4) is 0 Å². The topological polar surface area (TPSA) is 113 Å². The summed E-state index contributed by atoms with van der Waals surface area (Å²) in [5.41, 5.74) is 4.22. The van der Waals surface area contributed by atoms with Crippen LogP contribution < -0.4 is 11.1 Å². The lowest BCUT2D eigenvalue weighted by Gasteiger charge is -2.34. The molecule has 8 nitrogen and oxygen atoms in total. The highest BCUT2D eigenvalue weighted by atomic mass is 16.2. The Kier molecular flexibility index (Phi) is 4.93. The molecule has 0 bridgehead atoms. The van der Waals surface area contributed by atoms with E-state index < -0.39 is 35.8 Å². The number of amides is 5. The maximum Gasteiger partial charge on any atom is 0.327 e. The van der Waals surface area contributed by atoms with E-state index in [2.05, 4.69) is 5.32 Å². The average molecular weight is 298 g/mol. The predicted octanol–water partition coefficient (Wildman–Crippen LogP) is -0.713. The zero-order chi connectivity index (χ0) is 16.4. The highest BCUT2D eigenvalue weighted by Gasteiger charge is 2.41. The Bertz CT molecular complexity index is 477. The molecule has 1 heterocycles. The summed E-state index contributed by atoms with van der Waals surface area (Å²) >= 11 is 0. The molecule has 118 valence electrons. The van der Waals surface area contributed by atoms with E-state index in [1.54, 1.807) is 20.8 Å². The Labute approximate surface area is 123 Å². The minimum atomic E-state index is -1.19. The van der Waals surface area contributed by atoms with E-state index in [-0.39, 0.29) is 12.5 Å². The molecule has 1 aliphatic heterocycles. The molecule has 0 aromatic rings. The molecule has 0 saturated carbocycles. The highest BCUT2D eigenvalue weighted by Crippen LogP contribution is 2.21. The summed E-state index contributed by atoms with van der Waals surface area (Å²) in [7, 11) is 1.48. The molecule has 1 saturated heterocycles. The van der Waals surface area contributed by atoms with Crippen molar-refractivity contribution < 1.29 is 19.2 Å². The number of urea groups is 1. The minimum absolute atomic E-state index is 0.0506. The number of rotatable bonds is 6. The number of nitrogens with zero attached hydrogens (tertiary/aromatic N) is 2. The first-order chi connectivity index (χ1) is 9.65. The summed E-state index contributed by atoms with van der Waals surface area (Å²) in [6.45, 7) is 4.82. The molecule has 8 heteroatoms. The van der Waals surface area contributed by atoms with E-state index in [0.29, 0.717) is 6.42 Å². The summed E-state index contributed by atoms with van der Waals surface area (Å²) in [6.07, 6.45) is 0.327. The summed E-state index contributed by atoms with van der Waals surface area (Å²) in [4.78, 5) is 49.2. The van der Waals surface area contributed by atoms with Gasteiger partial charge in [0.25, 0.3) is 5.91 Å². The lowest BCUT2D eigenvalue weighted by atomic mass is 9.83. The first kappa shape index (κ1) is 16.9. The van der Waals surface area contributed by atoms with Gasteiger partial charge in [0.05, 0.1) is 0 Å². The number of carbonyl (C=O) groups excluding carboxylic acids is 4. The predicted molar refractivity (Wildman–Crippen MR) is 74.9 cm³/mol. The number of hydrogen-bond donors (Lipinski definition) is 2. The van der Waals surface area contributed by atoms with Gasteiger partial charge in [0.1, 0.15) is 18.6 Å². The molecule has 5 amide bonds. The van der Waals surface area contributed by atoms with Gasteiger partial charge in [0.15, 0.2) is 0 Å². The molecule has 3 N–H and O–H groups in total. The number of carbonyl (C=O) groups is 4.